The molecule has 0 spiro atoms. The van der Waals surface area contributed by atoms with E-state index in [1.54, 1.807) is 13.3 Å². The normalized spacial score (nSPS) is 12.4. The van der Waals surface area contributed by atoms with Crippen molar-refractivity contribution in [3.05, 3.63) is 24.7 Å². The van der Waals surface area contributed by atoms with E-state index in [0.29, 0.717) is 5.75 Å². The second kappa shape index (κ2) is 4.99. The molecule has 4 heteroatoms. The first-order chi connectivity index (χ1) is 8.24. The molecule has 0 radical (unpaired) electrons. The lowest BCUT2D eigenvalue weighted by Gasteiger charge is -2.15. The van der Waals surface area contributed by atoms with Gasteiger partial charge >= 0.3 is 0 Å². The lowest BCUT2D eigenvalue weighted by Crippen LogP contribution is -2.10. The zero-order valence-corrected chi connectivity index (χ0v) is 10.3. The van der Waals surface area contributed by atoms with E-state index in [-0.39, 0.29) is 6.10 Å². The van der Waals surface area contributed by atoms with E-state index in [9.17, 15) is 0 Å². The molecule has 1 atom stereocenters. The summed E-state index contributed by atoms with van der Waals surface area (Å²) in [6, 6.07) is 3.79. The van der Waals surface area contributed by atoms with Gasteiger partial charge in [-0.3, -0.25) is 0 Å². The standard InChI is InChI=1S/C13H16N2O2/c1-4-9(2)17-13-5-10-7-14-8-15-11(10)6-12(13)16-3/h5-9H,4H2,1-3H3. The van der Waals surface area contributed by atoms with Crippen molar-refractivity contribution in [2.45, 2.75) is 26.4 Å². The van der Waals surface area contributed by atoms with Gasteiger partial charge in [0.05, 0.1) is 18.7 Å². The van der Waals surface area contributed by atoms with Crippen LogP contribution in [0.2, 0.25) is 0 Å². The number of hydrogen-bond donors (Lipinski definition) is 0. The number of fused-ring (bicyclic) bond motifs is 1. The Balaban J connectivity index is 2.45. The number of hydrogen-bond acceptors (Lipinski definition) is 4. The van der Waals surface area contributed by atoms with E-state index >= 15 is 0 Å². The van der Waals surface area contributed by atoms with Crippen molar-refractivity contribution in [3.8, 4) is 11.5 Å². The molecule has 0 amide bonds. The quantitative estimate of drug-likeness (QED) is 0.813. The molecule has 0 aliphatic carbocycles. The Morgan fingerprint density at radius 3 is 2.82 bits per heavy atom. The fourth-order valence-electron chi connectivity index (χ4n) is 1.54. The predicted octanol–water partition coefficient (Wildman–Crippen LogP) is 2.82. The van der Waals surface area contributed by atoms with Crippen LogP contribution < -0.4 is 9.47 Å². The summed E-state index contributed by atoms with van der Waals surface area (Å²) in [5.41, 5.74) is 0.855. The number of benzene rings is 1. The van der Waals surface area contributed by atoms with Gasteiger partial charge in [-0.25, -0.2) is 9.97 Å². The van der Waals surface area contributed by atoms with Gasteiger partial charge in [0.2, 0.25) is 0 Å². The van der Waals surface area contributed by atoms with Crippen LogP contribution in [0.5, 0.6) is 11.5 Å². The van der Waals surface area contributed by atoms with Gasteiger partial charge < -0.3 is 9.47 Å². The van der Waals surface area contributed by atoms with Gasteiger partial charge in [-0.15, -0.1) is 0 Å². The van der Waals surface area contributed by atoms with Crippen LogP contribution in [0.25, 0.3) is 10.9 Å². The van der Waals surface area contributed by atoms with Gasteiger partial charge in [-0.1, -0.05) is 6.92 Å². The summed E-state index contributed by atoms with van der Waals surface area (Å²) >= 11 is 0. The zero-order valence-electron chi connectivity index (χ0n) is 10.3. The number of rotatable bonds is 4. The molecular weight excluding hydrogens is 216 g/mol. The van der Waals surface area contributed by atoms with E-state index in [2.05, 4.69) is 16.9 Å². The van der Waals surface area contributed by atoms with Crippen LogP contribution in [-0.4, -0.2) is 23.2 Å². The van der Waals surface area contributed by atoms with E-state index in [1.165, 1.54) is 6.33 Å². The molecule has 0 aliphatic heterocycles. The minimum Gasteiger partial charge on any atom is -0.493 e. The van der Waals surface area contributed by atoms with Crippen molar-refractivity contribution in [2.75, 3.05) is 7.11 Å². The van der Waals surface area contributed by atoms with Crippen molar-refractivity contribution in [1.82, 2.24) is 9.97 Å². The van der Waals surface area contributed by atoms with Crippen LogP contribution in [0.15, 0.2) is 24.7 Å². The molecule has 17 heavy (non-hydrogen) atoms. The molecule has 0 saturated carbocycles. The first kappa shape index (κ1) is 11.6. The molecule has 2 aromatic rings. The number of ether oxygens (including phenoxy) is 2. The molecule has 1 aromatic heterocycles. The minimum atomic E-state index is 0.158. The summed E-state index contributed by atoms with van der Waals surface area (Å²) < 4.78 is 11.1. The molecule has 0 aliphatic rings. The van der Waals surface area contributed by atoms with Gasteiger partial charge in [-0.2, -0.15) is 0 Å². The maximum absolute atomic E-state index is 5.81. The van der Waals surface area contributed by atoms with Crippen molar-refractivity contribution in [1.29, 1.82) is 0 Å². The smallest absolute Gasteiger partial charge is 0.162 e. The second-order valence-corrected chi connectivity index (χ2v) is 3.92. The molecule has 1 heterocycles. The molecule has 4 nitrogen and oxygen atoms in total. The fourth-order valence-corrected chi connectivity index (χ4v) is 1.54. The Bertz CT molecular complexity index is 514. The summed E-state index contributed by atoms with van der Waals surface area (Å²) in [5.74, 6) is 1.45. The average Bonchev–Trinajstić information content (AvgIpc) is 2.37. The average molecular weight is 232 g/mol. The number of aromatic nitrogens is 2. The van der Waals surface area contributed by atoms with Gasteiger partial charge in [0, 0.05) is 17.6 Å². The Labute approximate surface area is 101 Å². The Hall–Kier alpha value is -1.84. The van der Waals surface area contributed by atoms with Gasteiger partial charge in [0.15, 0.2) is 11.5 Å². The topological polar surface area (TPSA) is 44.2 Å². The molecular formula is C13H16N2O2. The molecule has 0 saturated heterocycles. The van der Waals surface area contributed by atoms with Crippen LogP contribution in [0.4, 0.5) is 0 Å². The molecule has 90 valence electrons. The number of methoxy groups -OCH3 is 1. The maximum atomic E-state index is 5.81. The maximum Gasteiger partial charge on any atom is 0.162 e. The van der Waals surface area contributed by atoms with E-state index in [1.807, 2.05) is 19.1 Å². The second-order valence-electron chi connectivity index (χ2n) is 3.92. The van der Waals surface area contributed by atoms with Crippen LogP contribution in [-0.2, 0) is 0 Å². The first-order valence-corrected chi connectivity index (χ1v) is 5.69. The highest BCUT2D eigenvalue weighted by molar-refractivity contribution is 5.81. The lowest BCUT2D eigenvalue weighted by molar-refractivity contribution is 0.208. The Morgan fingerprint density at radius 2 is 2.12 bits per heavy atom. The highest BCUT2D eigenvalue weighted by Gasteiger charge is 2.10. The molecule has 0 N–H and O–H groups in total. The lowest BCUT2D eigenvalue weighted by atomic mass is 10.2. The highest BCUT2D eigenvalue weighted by Crippen LogP contribution is 2.32. The molecule has 0 bridgehead atoms. The van der Waals surface area contributed by atoms with Crippen molar-refractivity contribution in [3.63, 3.8) is 0 Å². The van der Waals surface area contributed by atoms with Crippen LogP contribution in [0.3, 0.4) is 0 Å². The Kier molecular flexibility index (Phi) is 3.42. The van der Waals surface area contributed by atoms with Gasteiger partial charge in [0.1, 0.15) is 6.33 Å². The molecule has 1 unspecified atom stereocenters. The largest absolute Gasteiger partial charge is 0.493 e. The number of nitrogens with zero attached hydrogens (tertiary/aromatic N) is 2. The predicted molar refractivity (Wildman–Crippen MR) is 66.5 cm³/mol. The van der Waals surface area contributed by atoms with Crippen LogP contribution in [0.1, 0.15) is 20.3 Å². The highest BCUT2D eigenvalue weighted by atomic mass is 16.5. The summed E-state index contributed by atoms with van der Waals surface area (Å²) in [4.78, 5) is 8.18. The monoisotopic (exact) mass is 232 g/mol. The SMILES string of the molecule is CCC(C)Oc1cc2cncnc2cc1OC. The van der Waals surface area contributed by atoms with Gasteiger partial charge in [-0.05, 0) is 19.4 Å². The van der Waals surface area contributed by atoms with E-state index in [4.69, 9.17) is 9.47 Å². The fraction of sp³-hybridized carbons (Fsp3) is 0.385. The third kappa shape index (κ3) is 2.46. The third-order valence-corrected chi connectivity index (χ3v) is 2.69. The van der Waals surface area contributed by atoms with E-state index in [0.717, 1.165) is 23.1 Å². The van der Waals surface area contributed by atoms with E-state index < -0.39 is 0 Å². The minimum absolute atomic E-state index is 0.158. The third-order valence-electron chi connectivity index (χ3n) is 2.69. The molecule has 0 fully saturated rings. The summed E-state index contributed by atoms with van der Waals surface area (Å²) in [5, 5.41) is 0.951. The first-order valence-electron chi connectivity index (χ1n) is 5.69. The van der Waals surface area contributed by atoms with Gasteiger partial charge in [0.25, 0.3) is 0 Å². The van der Waals surface area contributed by atoms with Crippen molar-refractivity contribution in [2.24, 2.45) is 0 Å². The van der Waals surface area contributed by atoms with Crippen LogP contribution in [0, 0.1) is 0 Å². The summed E-state index contributed by atoms with van der Waals surface area (Å²) in [6.45, 7) is 4.12. The van der Waals surface area contributed by atoms with Crippen LogP contribution >= 0.6 is 0 Å². The summed E-state index contributed by atoms with van der Waals surface area (Å²) in [7, 11) is 1.63. The van der Waals surface area contributed by atoms with Crippen molar-refractivity contribution < 1.29 is 9.47 Å². The molecule has 2 rings (SSSR count). The zero-order chi connectivity index (χ0) is 12.3. The summed E-state index contributed by atoms with van der Waals surface area (Å²) in [6.07, 6.45) is 4.40. The molecule has 1 aromatic carbocycles. The Morgan fingerprint density at radius 1 is 1.29 bits per heavy atom. The van der Waals surface area contributed by atoms with Crippen molar-refractivity contribution >= 4 is 10.9 Å².